The van der Waals surface area contributed by atoms with Gasteiger partial charge in [0, 0.05) is 44.8 Å². The minimum absolute atomic E-state index is 0.0497. The van der Waals surface area contributed by atoms with Gasteiger partial charge in [0.05, 0.1) is 4.34 Å². The molecule has 31 heavy (non-hydrogen) atoms. The topological polar surface area (TPSA) is 69.7 Å². The van der Waals surface area contributed by atoms with Crippen LogP contribution in [0.5, 0.6) is 0 Å². The Balaban J connectivity index is 1.40. The van der Waals surface area contributed by atoms with Gasteiger partial charge in [-0.15, -0.1) is 11.3 Å². The van der Waals surface area contributed by atoms with Crippen LogP contribution < -0.4 is 10.2 Å². The van der Waals surface area contributed by atoms with E-state index in [0.717, 1.165) is 30.0 Å². The van der Waals surface area contributed by atoms with Crippen molar-refractivity contribution in [3.63, 3.8) is 0 Å². The third-order valence-corrected chi connectivity index (χ3v) is 9.53. The molecule has 2 heterocycles. The molecule has 170 valence electrons. The van der Waals surface area contributed by atoms with Crippen molar-refractivity contribution in [1.82, 2.24) is 9.62 Å². The molecule has 1 aliphatic heterocycles. The molecule has 2 aromatic rings. The van der Waals surface area contributed by atoms with Gasteiger partial charge in [-0.2, -0.15) is 4.31 Å². The van der Waals surface area contributed by atoms with E-state index in [9.17, 15) is 13.2 Å². The summed E-state index contributed by atoms with van der Waals surface area (Å²) in [6.45, 7) is 4.30. The first-order valence-electron chi connectivity index (χ1n) is 10.6. The van der Waals surface area contributed by atoms with E-state index in [2.05, 4.69) is 22.3 Å². The summed E-state index contributed by atoms with van der Waals surface area (Å²) in [5.41, 5.74) is 1.16. The number of sulfonamides is 1. The van der Waals surface area contributed by atoms with Gasteiger partial charge in [0.25, 0.3) is 10.0 Å². The number of anilines is 1. The molecule has 1 fully saturated rings. The lowest BCUT2D eigenvalue weighted by Crippen LogP contribution is -2.42. The number of piperidine rings is 1. The van der Waals surface area contributed by atoms with E-state index >= 15 is 0 Å². The summed E-state index contributed by atoms with van der Waals surface area (Å²) in [7, 11) is -1.45. The number of halogens is 1. The third-order valence-electron chi connectivity index (χ3n) is 5.93. The SMILES string of the molecule is C[C@@H](C(=O)NCCCN(C)c1ccccc1)C1CCN(S(=O)(=O)c2ccc(Cl)s2)CC1. The van der Waals surface area contributed by atoms with Crippen LogP contribution in [0.2, 0.25) is 4.34 Å². The van der Waals surface area contributed by atoms with Crippen LogP contribution >= 0.6 is 22.9 Å². The van der Waals surface area contributed by atoms with E-state index in [1.165, 1.54) is 4.31 Å². The molecular weight excluding hydrogens is 454 g/mol. The maximum absolute atomic E-state index is 12.7. The Morgan fingerprint density at radius 1 is 1.23 bits per heavy atom. The van der Waals surface area contributed by atoms with Gasteiger partial charge < -0.3 is 10.2 Å². The minimum atomic E-state index is -3.50. The monoisotopic (exact) mass is 483 g/mol. The number of benzene rings is 1. The first-order valence-corrected chi connectivity index (χ1v) is 13.2. The quantitative estimate of drug-likeness (QED) is 0.545. The maximum atomic E-state index is 12.7. The zero-order valence-electron chi connectivity index (χ0n) is 18.0. The first-order chi connectivity index (χ1) is 14.8. The molecule has 1 saturated heterocycles. The molecule has 0 bridgehead atoms. The van der Waals surface area contributed by atoms with Gasteiger partial charge in [-0.3, -0.25) is 4.79 Å². The van der Waals surface area contributed by atoms with Gasteiger partial charge in [0.2, 0.25) is 5.91 Å². The van der Waals surface area contributed by atoms with E-state index < -0.39 is 10.0 Å². The zero-order valence-corrected chi connectivity index (χ0v) is 20.3. The lowest BCUT2D eigenvalue weighted by molar-refractivity contribution is -0.126. The summed E-state index contributed by atoms with van der Waals surface area (Å²) >= 11 is 6.97. The number of rotatable bonds is 9. The smallest absolute Gasteiger partial charge is 0.252 e. The summed E-state index contributed by atoms with van der Waals surface area (Å²) in [6, 6.07) is 13.3. The number of carbonyl (C=O) groups is 1. The first kappa shape index (κ1) is 24.0. The highest BCUT2D eigenvalue weighted by Gasteiger charge is 2.34. The standard InChI is InChI=1S/C22H30ClN3O3S2/c1-17(22(27)24-13-6-14-25(2)19-7-4-3-5-8-19)18-11-15-26(16-12-18)31(28,29)21-10-9-20(23)30-21/h3-5,7-10,17-18H,6,11-16H2,1-2H3,(H,24,27)/t17-/m1/s1. The van der Waals surface area contributed by atoms with Crippen molar-refractivity contribution in [1.29, 1.82) is 0 Å². The molecule has 6 nitrogen and oxygen atoms in total. The van der Waals surface area contributed by atoms with Crippen LogP contribution in [-0.4, -0.2) is 51.9 Å². The Morgan fingerprint density at radius 2 is 1.90 bits per heavy atom. The lowest BCUT2D eigenvalue weighted by Gasteiger charge is -2.33. The Hall–Kier alpha value is -1.61. The van der Waals surface area contributed by atoms with Gasteiger partial charge in [0.15, 0.2) is 0 Å². The van der Waals surface area contributed by atoms with Crippen LogP contribution in [0.25, 0.3) is 0 Å². The fraction of sp³-hybridized carbons (Fsp3) is 0.500. The molecule has 1 aromatic heterocycles. The number of carbonyl (C=O) groups excluding carboxylic acids is 1. The predicted octanol–water partition coefficient (Wildman–Crippen LogP) is 4.08. The molecule has 1 aromatic carbocycles. The fourth-order valence-corrected chi connectivity index (χ4v) is 7.00. The van der Waals surface area contributed by atoms with Crippen LogP contribution in [-0.2, 0) is 14.8 Å². The van der Waals surface area contributed by atoms with E-state index in [1.807, 2.05) is 32.2 Å². The second-order valence-electron chi connectivity index (χ2n) is 7.99. The molecule has 1 atom stereocenters. The normalized spacial score (nSPS) is 16.7. The number of nitrogens with one attached hydrogen (secondary N) is 1. The van der Waals surface area contributed by atoms with Crippen LogP contribution in [0.15, 0.2) is 46.7 Å². The zero-order chi connectivity index (χ0) is 22.4. The Morgan fingerprint density at radius 3 is 2.52 bits per heavy atom. The summed E-state index contributed by atoms with van der Waals surface area (Å²) in [5.74, 6) is 0.104. The Bertz CT molecular complexity index is 957. The molecule has 0 radical (unpaired) electrons. The van der Waals surface area contributed by atoms with Crippen LogP contribution in [0.4, 0.5) is 5.69 Å². The van der Waals surface area contributed by atoms with Gasteiger partial charge in [-0.1, -0.05) is 36.7 Å². The van der Waals surface area contributed by atoms with E-state index in [1.54, 1.807) is 12.1 Å². The molecule has 9 heteroatoms. The van der Waals surface area contributed by atoms with Crippen molar-refractivity contribution < 1.29 is 13.2 Å². The summed E-state index contributed by atoms with van der Waals surface area (Å²) in [6.07, 6.45) is 2.23. The van der Waals surface area contributed by atoms with Gasteiger partial charge >= 0.3 is 0 Å². The maximum Gasteiger partial charge on any atom is 0.252 e. The average Bonchev–Trinajstić information content (AvgIpc) is 3.23. The van der Waals surface area contributed by atoms with Crippen molar-refractivity contribution in [3.05, 3.63) is 46.8 Å². The van der Waals surface area contributed by atoms with Crippen molar-refractivity contribution in [2.24, 2.45) is 11.8 Å². The summed E-state index contributed by atoms with van der Waals surface area (Å²) in [4.78, 5) is 14.8. The average molecular weight is 484 g/mol. The van der Waals surface area contributed by atoms with Crippen LogP contribution in [0, 0.1) is 11.8 Å². The number of hydrogen-bond acceptors (Lipinski definition) is 5. The molecule has 1 amide bonds. The lowest BCUT2D eigenvalue weighted by atomic mass is 9.85. The van der Waals surface area contributed by atoms with Gasteiger partial charge in [-0.25, -0.2) is 8.42 Å². The molecule has 0 saturated carbocycles. The fourth-order valence-electron chi connectivity index (χ4n) is 3.89. The van der Waals surface area contributed by atoms with Crippen molar-refractivity contribution in [2.75, 3.05) is 38.1 Å². The largest absolute Gasteiger partial charge is 0.375 e. The van der Waals surface area contributed by atoms with E-state index in [0.29, 0.717) is 36.8 Å². The summed E-state index contributed by atoms with van der Waals surface area (Å²) in [5, 5.41) is 3.05. The number of thiophene rings is 1. The molecule has 0 unspecified atom stereocenters. The van der Waals surface area contributed by atoms with E-state index in [4.69, 9.17) is 11.6 Å². The number of hydrogen-bond donors (Lipinski definition) is 1. The highest BCUT2D eigenvalue weighted by molar-refractivity contribution is 7.91. The summed E-state index contributed by atoms with van der Waals surface area (Å²) < 4.78 is 27.7. The number of para-hydroxylation sites is 1. The molecule has 0 spiro atoms. The van der Waals surface area contributed by atoms with Crippen LogP contribution in [0.1, 0.15) is 26.2 Å². The van der Waals surface area contributed by atoms with Crippen LogP contribution in [0.3, 0.4) is 0 Å². The molecule has 3 rings (SSSR count). The molecule has 0 aliphatic carbocycles. The highest BCUT2D eigenvalue weighted by Crippen LogP contribution is 2.32. The highest BCUT2D eigenvalue weighted by atomic mass is 35.5. The second kappa shape index (κ2) is 10.8. The molecule has 1 N–H and O–H groups in total. The number of amides is 1. The van der Waals surface area contributed by atoms with Crippen molar-refractivity contribution >= 4 is 44.6 Å². The van der Waals surface area contributed by atoms with Gasteiger partial charge in [0.1, 0.15) is 4.21 Å². The Labute approximate surface area is 194 Å². The minimum Gasteiger partial charge on any atom is -0.375 e. The second-order valence-corrected chi connectivity index (χ2v) is 11.9. The number of nitrogens with zero attached hydrogens (tertiary/aromatic N) is 2. The van der Waals surface area contributed by atoms with Gasteiger partial charge in [-0.05, 0) is 49.4 Å². The molecule has 1 aliphatic rings. The van der Waals surface area contributed by atoms with Crippen molar-refractivity contribution in [3.8, 4) is 0 Å². The Kier molecular flexibility index (Phi) is 8.38. The van der Waals surface area contributed by atoms with Crippen molar-refractivity contribution in [2.45, 2.75) is 30.4 Å². The third kappa shape index (κ3) is 6.22. The molecular formula is C22H30ClN3O3S2. The van der Waals surface area contributed by atoms with E-state index in [-0.39, 0.29) is 22.0 Å². The predicted molar refractivity (Wildman–Crippen MR) is 127 cm³/mol.